The highest BCUT2D eigenvalue weighted by molar-refractivity contribution is 9.10. The molecule has 20 heavy (non-hydrogen) atoms. The van der Waals surface area contributed by atoms with Crippen LogP contribution in [-0.4, -0.2) is 27.8 Å². The molecule has 0 aliphatic carbocycles. The molecule has 0 radical (unpaired) electrons. The van der Waals surface area contributed by atoms with Crippen LogP contribution in [0.1, 0.15) is 40.2 Å². The Morgan fingerprint density at radius 2 is 1.65 bits per heavy atom. The number of halogens is 1. The van der Waals surface area contributed by atoms with E-state index in [9.17, 15) is 4.79 Å². The third-order valence-corrected chi connectivity index (χ3v) is 3.40. The van der Waals surface area contributed by atoms with Crippen molar-refractivity contribution in [3.63, 3.8) is 0 Å². The minimum absolute atomic E-state index is 0.0841. The van der Waals surface area contributed by atoms with Crippen molar-refractivity contribution in [2.75, 3.05) is 7.11 Å². The Hall–Kier alpha value is -1.03. The summed E-state index contributed by atoms with van der Waals surface area (Å²) in [5, 5.41) is 0. The zero-order valence-corrected chi connectivity index (χ0v) is 14.7. The Morgan fingerprint density at radius 1 is 1.15 bits per heavy atom. The highest BCUT2D eigenvalue weighted by atomic mass is 79.9. The number of rotatable bonds is 4. The van der Waals surface area contributed by atoms with E-state index in [1.807, 2.05) is 63.8 Å². The van der Waals surface area contributed by atoms with Crippen LogP contribution in [-0.2, 0) is 11.3 Å². The Balaban J connectivity index is 2.98. The van der Waals surface area contributed by atoms with Crippen LogP contribution in [0.2, 0.25) is 0 Å². The van der Waals surface area contributed by atoms with Crippen LogP contribution in [0.25, 0.3) is 0 Å². The van der Waals surface area contributed by atoms with Gasteiger partial charge in [-0.1, -0.05) is 28.1 Å². The van der Waals surface area contributed by atoms with Crippen LogP contribution in [0, 0.1) is 0 Å². The molecule has 0 heterocycles. The predicted molar refractivity (Wildman–Crippen MR) is 86.3 cm³/mol. The zero-order valence-electron chi connectivity index (χ0n) is 13.2. The summed E-state index contributed by atoms with van der Waals surface area (Å²) in [7, 11) is 1.65. The van der Waals surface area contributed by atoms with Crippen LogP contribution in [0.5, 0.6) is 5.75 Å². The van der Waals surface area contributed by atoms with Crippen LogP contribution in [0.3, 0.4) is 0 Å². The largest absolute Gasteiger partial charge is 0.497 e. The number of benzene rings is 1. The molecular weight excluding hydrogens is 318 g/mol. The Labute approximate surface area is 130 Å². The lowest BCUT2D eigenvalue weighted by atomic mass is 10.0. The normalized spacial score (nSPS) is 12.2. The molecule has 1 rings (SSSR count). The summed E-state index contributed by atoms with van der Waals surface area (Å²) in [5.74, 6) is 0.907. The third-order valence-electron chi connectivity index (χ3n) is 3.06. The fourth-order valence-corrected chi connectivity index (χ4v) is 2.06. The Kier molecular flexibility index (Phi) is 5.25. The number of nitrogens with zero attached hydrogens (tertiary/aromatic N) is 1. The number of alkyl halides is 1. The molecule has 0 atom stereocenters. The lowest BCUT2D eigenvalue weighted by Gasteiger charge is -2.39. The summed E-state index contributed by atoms with van der Waals surface area (Å²) >= 11 is 3.46. The Bertz CT molecular complexity index is 455. The summed E-state index contributed by atoms with van der Waals surface area (Å²) in [5.41, 5.74) is 0.855. The molecule has 0 saturated heterocycles. The van der Waals surface area contributed by atoms with E-state index >= 15 is 0 Å². The SMILES string of the molecule is COc1ccc(CN(C(=O)C(C)(C)Br)C(C)(C)C)cc1. The van der Waals surface area contributed by atoms with E-state index in [1.165, 1.54) is 0 Å². The number of carbonyl (C=O) groups excluding carboxylic acids is 1. The molecular formula is C16H24BrNO2. The molecule has 1 aromatic carbocycles. The van der Waals surface area contributed by atoms with Gasteiger partial charge >= 0.3 is 0 Å². The van der Waals surface area contributed by atoms with Crippen molar-refractivity contribution >= 4 is 21.8 Å². The first-order valence-corrected chi connectivity index (χ1v) is 7.49. The molecule has 1 aromatic rings. The molecule has 0 saturated carbocycles. The molecule has 112 valence electrons. The minimum Gasteiger partial charge on any atom is -0.497 e. The van der Waals surface area contributed by atoms with Crippen molar-refractivity contribution in [1.82, 2.24) is 4.90 Å². The van der Waals surface area contributed by atoms with Gasteiger partial charge in [-0.2, -0.15) is 0 Å². The van der Waals surface area contributed by atoms with Gasteiger partial charge in [0.2, 0.25) is 5.91 Å². The highest BCUT2D eigenvalue weighted by Gasteiger charge is 2.35. The number of carbonyl (C=O) groups is 1. The predicted octanol–water partition coefficient (Wildman–Crippen LogP) is 4.00. The number of ether oxygens (including phenoxy) is 1. The third kappa shape index (κ3) is 4.51. The average molecular weight is 342 g/mol. The number of methoxy groups -OCH3 is 1. The standard InChI is InChI=1S/C16H24BrNO2/c1-15(2,3)18(14(19)16(4,5)17)11-12-7-9-13(20-6)10-8-12/h7-10H,11H2,1-6H3. The van der Waals surface area contributed by atoms with Gasteiger partial charge < -0.3 is 9.64 Å². The van der Waals surface area contributed by atoms with Crippen LogP contribution in [0.4, 0.5) is 0 Å². The maximum absolute atomic E-state index is 12.6. The van der Waals surface area contributed by atoms with Crippen molar-refractivity contribution in [1.29, 1.82) is 0 Å². The van der Waals surface area contributed by atoms with Crippen molar-refractivity contribution in [3.05, 3.63) is 29.8 Å². The van der Waals surface area contributed by atoms with E-state index in [4.69, 9.17) is 4.74 Å². The molecule has 1 amide bonds. The molecule has 0 aliphatic heterocycles. The molecule has 0 fully saturated rings. The van der Waals surface area contributed by atoms with Gasteiger partial charge in [0.15, 0.2) is 0 Å². The van der Waals surface area contributed by atoms with E-state index in [2.05, 4.69) is 15.9 Å². The minimum atomic E-state index is -0.563. The molecule has 0 aliphatic rings. The Morgan fingerprint density at radius 3 is 2.00 bits per heavy atom. The van der Waals surface area contributed by atoms with Gasteiger partial charge in [0.05, 0.1) is 11.4 Å². The van der Waals surface area contributed by atoms with Crippen molar-refractivity contribution in [2.24, 2.45) is 0 Å². The van der Waals surface area contributed by atoms with Crippen molar-refractivity contribution in [3.8, 4) is 5.75 Å². The molecule has 0 bridgehead atoms. The second-order valence-electron chi connectivity index (χ2n) is 6.38. The van der Waals surface area contributed by atoms with Crippen LogP contribution in [0.15, 0.2) is 24.3 Å². The summed E-state index contributed by atoms with van der Waals surface area (Å²) in [4.78, 5) is 14.5. The zero-order chi connectivity index (χ0) is 15.6. The first-order chi connectivity index (χ1) is 9.05. The van der Waals surface area contributed by atoms with Gasteiger partial charge in [0, 0.05) is 12.1 Å². The molecule has 0 unspecified atom stereocenters. The van der Waals surface area contributed by atoms with E-state index < -0.39 is 4.32 Å². The highest BCUT2D eigenvalue weighted by Crippen LogP contribution is 2.27. The van der Waals surface area contributed by atoms with Gasteiger partial charge in [0.1, 0.15) is 5.75 Å². The number of amides is 1. The molecule has 0 aromatic heterocycles. The van der Waals surface area contributed by atoms with E-state index in [-0.39, 0.29) is 11.4 Å². The van der Waals surface area contributed by atoms with Crippen molar-refractivity contribution < 1.29 is 9.53 Å². The second-order valence-corrected chi connectivity index (χ2v) is 8.37. The molecule has 0 N–H and O–H groups in total. The lowest BCUT2D eigenvalue weighted by molar-refractivity contribution is -0.138. The van der Waals surface area contributed by atoms with Gasteiger partial charge in [0.25, 0.3) is 0 Å². The van der Waals surface area contributed by atoms with E-state index in [0.717, 1.165) is 11.3 Å². The van der Waals surface area contributed by atoms with Gasteiger partial charge in [-0.3, -0.25) is 4.79 Å². The maximum Gasteiger partial charge on any atom is 0.239 e. The van der Waals surface area contributed by atoms with Crippen LogP contribution >= 0.6 is 15.9 Å². The van der Waals surface area contributed by atoms with Gasteiger partial charge in [-0.15, -0.1) is 0 Å². The fourth-order valence-electron chi connectivity index (χ4n) is 1.85. The molecule has 4 heteroatoms. The summed E-state index contributed by atoms with van der Waals surface area (Å²) < 4.78 is 4.59. The fraction of sp³-hybridized carbons (Fsp3) is 0.562. The number of hydrogen-bond donors (Lipinski definition) is 0. The smallest absolute Gasteiger partial charge is 0.239 e. The second kappa shape index (κ2) is 6.17. The first kappa shape index (κ1) is 17.0. The first-order valence-electron chi connectivity index (χ1n) is 6.69. The quantitative estimate of drug-likeness (QED) is 0.774. The monoisotopic (exact) mass is 341 g/mol. The van der Waals surface area contributed by atoms with Crippen LogP contribution < -0.4 is 4.74 Å². The average Bonchev–Trinajstić information content (AvgIpc) is 2.33. The van der Waals surface area contributed by atoms with E-state index in [1.54, 1.807) is 7.11 Å². The van der Waals surface area contributed by atoms with E-state index in [0.29, 0.717) is 6.54 Å². The van der Waals surface area contributed by atoms with Gasteiger partial charge in [-0.25, -0.2) is 0 Å². The van der Waals surface area contributed by atoms with Crippen molar-refractivity contribution in [2.45, 2.75) is 51.0 Å². The summed E-state index contributed by atoms with van der Waals surface area (Å²) in [6.45, 7) is 10.5. The summed E-state index contributed by atoms with van der Waals surface area (Å²) in [6.07, 6.45) is 0. The maximum atomic E-state index is 12.6. The number of hydrogen-bond acceptors (Lipinski definition) is 2. The molecule has 3 nitrogen and oxygen atoms in total. The molecule has 0 spiro atoms. The van der Waals surface area contributed by atoms with Gasteiger partial charge in [-0.05, 0) is 52.3 Å². The summed E-state index contributed by atoms with van der Waals surface area (Å²) in [6, 6.07) is 7.82. The topological polar surface area (TPSA) is 29.5 Å². The lowest BCUT2D eigenvalue weighted by Crippen LogP contribution is -2.50.